The molecule has 1 saturated heterocycles. The van der Waals surface area contributed by atoms with E-state index in [0.717, 1.165) is 25.1 Å². The minimum atomic E-state index is -4.52. The van der Waals surface area contributed by atoms with Crippen LogP contribution in [0.25, 0.3) is 11.4 Å². The third-order valence-corrected chi connectivity index (χ3v) is 6.23. The Morgan fingerprint density at radius 2 is 2.08 bits per heavy atom. The van der Waals surface area contributed by atoms with Crippen LogP contribution in [0.2, 0.25) is 0 Å². The highest BCUT2D eigenvalue weighted by molar-refractivity contribution is 6.04. The van der Waals surface area contributed by atoms with Crippen LogP contribution < -0.4 is 19.9 Å². The highest BCUT2D eigenvalue weighted by Crippen LogP contribution is 2.39. The second-order valence-corrected chi connectivity index (χ2v) is 8.90. The van der Waals surface area contributed by atoms with E-state index in [2.05, 4.69) is 30.2 Å². The number of benzene rings is 1. The van der Waals surface area contributed by atoms with Crippen LogP contribution in [0.1, 0.15) is 18.4 Å². The minimum Gasteiger partial charge on any atom is -0.461 e. The molecule has 38 heavy (non-hydrogen) atoms. The van der Waals surface area contributed by atoms with Gasteiger partial charge >= 0.3 is 18.2 Å². The first-order valence-electron chi connectivity index (χ1n) is 11.9. The van der Waals surface area contributed by atoms with Crippen LogP contribution in [-0.2, 0) is 6.18 Å². The summed E-state index contributed by atoms with van der Waals surface area (Å²) in [6.45, 7) is 0.579. The number of hydrogen-bond donors (Lipinski definition) is 3. The zero-order valence-electron chi connectivity index (χ0n) is 20.0. The molecule has 0 aliphatic carbocycles. The molecule has 0 spiro atoms. The summed E-state index contributed by atoms with van der Waals surface area (Å²) < 4.78 is 45.1. The Labute approximate surface area is 214 Å². The van der Waals surface area contributed by atoms with Crippen LogP contribution in [-0.4, -0.2) is 74.6 Å². The first-order valence-corrected chi connectivity index (χ1v) is 11.9. The number of anilines is 3. The normalized spacial score (nSPS) is 17.6. The Balaban J connectivity index is 1.44. The van der Waals surface area contributed by atoms with Gasteiger partial charge in [0, 0.05) is 24.8 Å². The van der Waals surface area contributed by atoms with Crippen molar-refractivity contribution in [1.82, 2.24) is 19.9 Å². The fraction of sp³-hybridized carbons (Fsp3) is 0.375. The van der Waals surface area contributed by atoms with Crippen LogP contribution >= 0.6 is 0 Å². The summed E-state index contributed by atoms with van der Waals surface area (Å²) in [5, 5.41) is 21.1. The van der Waals surface area contributed by atoms with Crippen molar-refractivity contribution in [3.05, 3.63) is 48.3 Å². The molecule has 3 aromatic rings. The van der Waals surface area contributed by atoms with E-state index in [1.54, 1.807) is 0 Å². The van der Waals surface area contributed by atoms with Crippen molar-refractivity contribution < 1.29 is 32.9 Å². The van der Waals surface area contributed by atoms with Gasteiger partial charge in [-0.25, -0.2) is 19.7 Å². The molecule has 200 valence electrons. The fourth-order valence-corrected chi connectivity index (χ4v) is 4.43. The lowest BCUT2D eigenvalue weighted by Crippen LogP contribution is -2.56. The second kappa shape index (κ2) is 10.4. The molecule has 2 aromatic heterocycles. The van der Waals surface area contributed by atoms with E-state index in [1.807, 2.05) is 0 Å². The molecule has 3 N–H and O–H groups in total. The van der Waals surface area contributed by atoms with Crippen molar-refractivity contribution >= 4 is 23.4 Å². The van der Waals surface area contributed by atoms with Crippen LogP contribution in [0.5, 0.6) is 6.01 Å². The van der Waals surface area contributed by atoms with E-state index in [-0.39, 0.29) is 41.7 Å². The van der Waals surface area contributed by atoms with Crippen LogP contribution in [0.3, 0.4) is 0 Å². The van der Waals surface area contributed by atoms with E-state index in [0.29, 0.717) is 18.7 Å². The monoisotopic (exact) mass is 531 g/mol. The largest absolute Gasteiger partial charge is 0.461 e. The number of hydrogen-bond acceptors (Lipinski definition) is 9. The number of aliphatic hydroxyl groups excluding tert-OH is 2. The number of carbonyl (C=O) groups excluding carboxylic acids is 1. The quantitative estimate of drug-likeness (QED) is 0.439. The topological polar surface area (TPSA) is 137 Å². The zero-order valence-corrected chi connectivity index (χ0v) is 20.0. The van der Waals surface area contributed by atoms with Crippen molar-refractivity contribution in [2.24, 2.45) is 0 Å². The summed E-state index contributed by atoms with van der Waals surface area (Å²) >= 11 is 0. The summed E-state index contributed by atoms with van der Waals surface area (Å²) in [6.07, 6.45) is -1.19. The Morgan fingerprint density at radius 3 is 2.87 bits per heavy atom. The predicted molar refractivity (Wildman–Crippen MR) is 130 cm³/mol. The van der Waals surface area contributed by atoms with Crippen molar-refractivity contribution in [2.45, 2.75) is 31.2 Å². The predicted octanol–water partition coefficient (Wildman–Crippen LogP) is 2.71. The van der Waals surface area contributed by atoms with Gasteiger partial charge in [-0.15, -0.1) is 0 Å². The summed E-state index contributed by atoms with van der Waals surface area (Å²) in [4.78, 5) is 33.9. The molecule has 1 fully saturated rings. The SMILES string of the molecule is O=C(Nc1ccnc(OC[C@@H](O)CO)n1)N1c2nc(-c3cccc(C(F)(F)F)c3)ncc2N2CCCC1C2. The number of rotatable bonds is 6. The number of aromatic nitrogens is 4. The summed E-state index contributed by atoms with van der Waals surface area (Å²) in [6, 6.07) is 5.32. The van der Waals surface area contributed by atoms with E-state index in [4.69, 9.17) is 9.84 Å². The Morgan fingerprint density at radius 1 is 1.24 bits per heavy atom. The van der Waals surface area contributed by atoms with Gasteiger partial charge in [-0.3, -0.25) is 10.2 Å². The second-order valence-electron chi connectivity index (χ2n) is 8.90. The number of alkyl halides is 3. The average Bonchev–Trinajstić information content (AvgIpc) is 2.91. The van der Waals surface area contributed by atoms with Crippen LogP contribution in [0.15, 0.2) is 42.7 Å². The number of nitrogens with one attached hydrogen (secondary N) is 1. The molecule has 1 aromatic carbocycles. The first kappa shape index (κ1) is 25.6. The average molecular weight is 531 g/mol. The lowest BCUT2D eigenvalue weighted by molar-refractivity contribution is -0.137. The van der Waals surface area contributed by atoms with Gasteiger partial charge in [0.15, 0.2) is 11.6 Å². The number of piperidine rings is 1. The number of aliphatic hydroxyl groups is 2. The highest BCUT2D eigenvalue weighted by atomic mass is 19.4. The third-order valence-electron chi connectivity index (χ3n) is 6.23. The summed E-state index contributed by atoms with van der Waals surface area (Å²) in [5.74, 6) is 0.483. The van der Waals surface area contributed by atoms with Crippen LogP contribution in [0, 0.1) is 0 Å². The third kappa shape index (κ3) is 5.31. The van der Waals surface area contributed by atoms with E-state index < -0.39 is 30.5 Å². The maximum atomic E-state index is 13.5. The van der Waals surface area contributed by atoms with Gasteiger partial charge in [0.25, 0.3) is 0 Å². The van der Waals surface area contributed by atoms with E-state index in [9.17, 15) is 23.1 Å². The molecule has 2 aliphatic heterocycles. The molecule has 1 unspecified atom stereocenters. The first-order chi connectivity index (χ1) is 18.2. The fourth-order valence-electron chi connectivity index (χ4n) is 4.43. The van der Waals surface area contributed by atoms with Gasteiger partial charge in [0.05, 0.1) is 30.1 Å². The van der Waals surface area contributed by atoms with Gasteiger partial charge in [-0.2, -0.15) is 18.2 Å². The van der Waals surface area contributed by atoms with Gasteiger partial charge in [0.2, 0.25) is 0 Å². The van der Waals surface area contributed by atoms with Gasteiger partial charge in [-0.1, -0.05) is 12.1 Å². The number of amides is 2. The highest BCUT2D eigenvalue weighted by Gasteiger charge is 2.39. The molecule has 0 saturated carbocycles. The molecule has 5 rings (SSSR count). The number of nitrogens with zero attached hydrogens (tertiary/aromatic N) is 6. The standard InChI is InChI=1S/C24H24F3N7O4/c25-24(26,27)15-4-1-3-14(9-15)20-29-10-18-21(32-20)34(16-5-2-8-33(18)11-16)23(37)31-19-6-7-28-22(30-19)38-13-17(36)12-35/h1,3-4,6-7,9-10,16-17,35-36H,2,5,8,11-13H2,(H,28,30,31,37)/t16?,17-/m0/s1. The zero-order chi connectivity index (χ0) is 26.9. The molecule has 4 heterocycles. The Kier molecular flexibility index (Phi) is 6.99. The molecule has 11 nitrogen and oxygen atoms in total. The van der Waals surface area contributed by atoms with Crippen molar-refractivity contribution in [1.29, 1.82) is 0 Å². The van der Waals surface area contributed by atoms with Gasteiger partial charge in [-0.05, 0) is 31.0 Å². The van der Waals surface area contributed by atoms with Crippen molar-refractivity contribution in [3.8, 4) is 17.4 Å². The smallest absolute Gasteiger partial charge is 0.416 e. The lowest BCUT2D eigenvalue weighted by atomic mass is 10.0. The molecule has 14 heteroatoms. The number of fused-ring (bicyclic) bond motifs is 4. The molecule has 2 amide bonds. The minimum absolute atomic E-state index is 0.0639. The maximum Gasteiger partial charge on any atom is 0.416 e. The number of ether oxygens (including phenoxy) is 1. The van der Waals surface area contributed by atoms with Crippen LogP contribution in [0.4, 0.5) is 35.3 Å². The van der Waals surface area contributed by atoms with Crippen molar-refractivity contribution in [3.63, 3.8) is 0 Å². The molecule has 0 radical (unpaired) electrons. The van der Waals surface area contributed by atoms with E-state index >= 15 is 0 Å². The molecule has 2 bridgehead atoms. The van der Waals surface area contributed by atoms with E-state index in [1.165, 1.54) is 35.5 Å². The summed E-state index contributed by atoms with van der Waals surface area (Å²) in [5.41, 5.74) is -0.0345. The molecular weight excluding hydrogens is 507 g/mol. The number of carbonyl (C=O) groups is 1. The number of urea groups is 1. The summed E-state index contributed by atoms with van der Waals surface area (Å²) in [7, 11) is 0. The van der Waals surface area contributed by atoms with Crippen molar-refractivity contribution in [2.75, 3.05) is 41.4 Å². The molecule has 2 atom stereocenters. The van der Waals surface area contributed by atoms with Gasteiger partial charge in [0.1, 0.15) is 18.5 Å². The Bertz CT molecular complexity index is 1330. The molecule has 2 aliphatic rings. The maximum absolute atomic E-state index is 13.5. The van der Waals surface area contributed by atoms with Gasteiger partial charge < -0.3 is 19.8 Å². The molecular formula is C24H24F3N7O4. The Hall–Kier alpha value is -4.04. The number of halogens is 3. The lowest BCUT2D eigenvalue weighted by Gasteiger charge is -2.45.